The number of ether oxygens (including phenoxy) is 1. The van der Waals surface area contributed by atoms with Crippen molar-refractivity contribution in [3.8, 4) is 0 Å². The lowest BCUT2D eigenvalue weighted by Gasteiger charge is -2.12. The normalized spacial score (nSPS) is 12.1. The van der Waals surface area contributed by atoms with E-state index in [0.29, 0.717) is 0 Å². The van der Waals surface area contributed by atoms with Crippen LogP contribution in [0.5, 0.6) is 0 Å². The number of carbonyl (C=O) groups is 2. The lowest BCUT2D eigenvalue weighted by molar-refractivity contribution is -0.141. The molecule has 0 fully saturated rings. The number of para-hydroxylation sites is 1. The molecule has 0 radical (unpaired) electrons. The van der Waals surface area contributed by atoms with Gasteiger partial charge < -0.3 is 15.0 Å². The second kappa shape index (κ2) is 6.23. The number of fused-ring (bicyclic) bond motifs is 1. The first-order valence-corrected chi connectivity index (χ1v) is 6.51. The average Bonchev–Trinajstić information content (AvgIpc) is 2.81. The van der Waals surface area contributed by atoms with Crippen LogP contribution in [-0.4, -0.2) is 30.0 Å². The summed E-state index contributed by atoms with van der Waals surface area (Å²) >= 11 is 0. The molecule has 0 aliphatic heterocycles. The first kappa shape index (κ1) is 14.1. The van der Waals surface area contributed by atoms with Crippen LogP contribution in [0, 0.1) is 0 Å². The van der Waals surface area contributed by atoms with E-state index in [1.165, 1.54) is 7.11 Å². The van der Waals surface area contributed by atoms with Gasteiger partial charge in [-0.2, -0.15) is 0 Å². The average molecular weight is 274 g/mol. The SMILES string of the molecule is COC(=O)CC(C)NC(=O)Cc1c[nH]c2ccccc12. The van der Waals surface area contributed by atoms with Gasteiger partial charge in [0, 0.05) is 23.1 Å². The highest BCUT2D eigenvalue weighted by atomic mass is 16.5. The number of benzene rings is 1. The topological polar surface area (TPSA) is 71.2 Å². The summed E-state index contributed by atoms with van der Waals surface area (Å²) in [7, 11) is 1.34. The number of H-pyrrole nitrogens is 1. The van der Waals surface area contributed by atoms with Crippen LogP contribution in [-0.2, 0) is 20.7 Å². The molecule has 0 aliphatic carbocycles. The molecule has 1 amide bonds. The maximum Gasteiger partial charge on any atom is 0.307 e. The Balaban J connectivity index is 1.96. The Kier molecular flexibility index (Phi) is 4.40. The third kappa shape index (κ3) is 3.38. The van der Waals surface area contributed by atoms with Gasteiger partial charge in [-0.25, -0.2) is 0 Å². The van der Waals surface area contributed by atoms with E-state index in [-0.39, 0.29) is 30.8 Å². The number of hydrogen-bond donors (Lipinski definition) is 2. The smallest absolute Gasteiger partial charge is 0.307 e. The number of rotatable bonds is 5. The predicted octanol–water partition coefficient (Wildman–Crippen LogP) is 1.78. The monoisotopic (exact) mass is 274 g/mol. The molecule has 2 rings (SSSR count). The molecule has 106 valence electrons. The highest BCUT2D eigenvalue weighted by Crippen LogP contribution is 2.17. The van der Waals surface area contributed by atoms with Crippen molar-refractivity contribution in [2.24, 2.45) is 0 Å². The van der Waals surface area contributed by atoms with Gasteiger partial charge in [0.25, 0.3) is 0 Å². The molecule has 0 saturated heterocycles. The Morgan fingerprint density at radius 1 is 1.35 bits per heavy atom. The molecular weight excluding hydrogens is 256 g/mol. The maximum atomic E-state index is 12.0. The van der Waals surface area contributed by atoms with Crippen LogP contribution in [0.3, 0.4) is 0 Å². The van der Waals surface area contributed by atoms with Crippen molar-refractivity contribution in [3.05, 3.63) is 36.0 Å². The van der Waals surface area contributed by atoms with Crippen LogP contribution in [0.1, 0.15) is 18.9 Å². The number of amides is 1. The van der Waals surface area contributed by atoms with Gasteiger partial charge in [-0.3, -0.25) is 9.59 Å². The van der Waals surface area contributed by atoms with Crippen molar-refractivity contribution in [2.75, 3.05) is 7.11 Å². The fourth-order valence-corrected chi connectivity index (χ4v) is 2.16. The van der Waals surface area contributed by atoms with Crippen LogP contribution in [0.15, 0.2) is 30.5 Å². The van der Waals surface area contributed by atoms with Crippen LogP contribution < -0.4 is 5.32 Å². The lowest BCUT2D eigenvalue weighted by Crippen LogP contribution is -2.35. The molecule has 2 N–H and O–H groups in total. The van der Waals surface area contributed by atoms with E-state index < -0.39 is 0 Å². The van der Waals surface area contributed by atoms with Crippen molar-refractivity contribution >= 4 is 22.8 Å². The van der Waals surface area contributed by atoms with E-state index in [4.69, 9.17) is 0 Å². The summed E-state index contributed by atoms with van der Waals surface area (Å²) in [5.74, 6) is -0.434. The van der Waals surface area contributed by atoms with Crippen LogP contribution in [0.4, 0.5) is 0 Å². The molecular formula is C15H18N2O3. The number of aromatic amines is 1. The number of nitrogens with one attached hydrogen (secondary N) is 2. The van der Waals surface area contributed by atoms with Crippen LogP contribution in [0.25, 0.3) is 10.9 Å². The molecule has 0 aliphatic rings. The Bertz CT molecular complexity index is 618. The molecule has 1 heterocycles. The van der Waals surface area contributed by atoms with Crippen molar-refractivity contribution in [2.45, 2.75) is 25.8 Å². The Morgan fingerprint density at radius 2 is 2.10 bits per heavy atom. The number of hydrogen-bond acceptors (Lipinski definition) is 3. The van der Waals surface area contributed by atoms with E-state index in [2.05, 4.69) is 15.0 Å². The van der Waals surface area contributed by atoms with Crippen molar-refractivity contribution in [1.82, 2.24) is 10.3 Å². The van der Waals surface area contributed by atoms with Gasteiger partial charge in [-0.05, 0) is 18.6 Å². The second-order valence-electron chi connectivity index (χ2n) is 4.79. The van der Waals surface area contributed by atoms with Crippen molar-refractivity contribution < 1.29 is 14.3 Å². The summed E-state index contributed by atoms with van der Waals surface area (Å²) in [5, 5.41) is 3.84. The molecule has 1 aromatic heterocycles. The molecule has 0 spiro atoms. The maximum absolute atomic E-state index is 12.0. The van der Waals surface area contributed by atoms with Crippen LogP contribution >= 0.6 is 0 Å². The van der Waals surface area contributed by atoms with E-state index in [1.807, 2.05) is 30.5 Å². The largest absolute Gasteiger partial charge is 0.469 e. The van der Waals surface area contributed by atoms with E-state index in [1.54, 1.807) is 6.92 Å². The quantitative estimate of drug-likeness (QED) is 0.816. The molecule has 5 heteroatoms. The Labute approximate surface area is 117 Å². The molecule has 2 aromatic rings. The predicted molar refractivity (Wildman–Crippen MR) is 76.2 cm³/mol. The highest BCUT2D eigenvalue weighted by molar-refractivity contribution is 5.89. The number of methoxy groups -OCH3 is 1. The van der Waals surface area contributed by atoms with E-state index >= 15 is 0 Å². The van der Waals surface area contributed by atoms with E-state index in [9.17, 15) is 9.59 Å². The number of carbonyl (C=O) groups excluding carboxylic acids is 2. The standard InChI is InChI=1S/C15H18N2O3/c1-10(7-15(19)20-2)17-14(18)8-11-9-16-13-6-4-3-5-12(11)13/h3-6,9-10,16H,7-8H2,1-2H3,(H,17,18). The molecule has 1 aromatic carbocycles. The van der Waals surface area contributed by atoms with Gasteiger partial charge in [0.15, 0.2) is 0 Å². The molecule has 0 bridgehead atoms. The van der Waals surface area contributed by atoms with Gasteiger partial charge >= 0.3 is 5.97 Å². The van der Waals surface area contributed by atoms with Crippen molar-refractivity contribution in [3.63, 3.8) is 0 Å². The number of aromatic nitrogens is 1. The third-order valence-corrected chi connectivity index (χ3v) is 3.13. The van der Waals surface area contributed by atoms with Gasteiger partial charge in [0.2, 0.25) is 5.91 Å². The fraction of sp³-hybridized carbons (Fsp3) is 0.333. The highest BCUT2D eigenvalue weighted by Gasteiger charge is 2.13. The summed E-state index contributed by atoms with van der Waals surface area (Å²) < 4.78 is 4.57. The molecule has 5 nitrogen and oxygen atoms in total. The summed E-state index contributed by atoms with van der Waals surface area (Å²) in [5.41, 5.74) is 1.96. The molecule has 20 heavy (non-hydrogen) atoms. The summed E-state index contributed by atoms with van der Waals surface area (Å²) in [6.07, 6.45) is 2.31. The summed E-state index contributed by atoms with van der Waals surface area (Å²) in [4.78, 5) is 26.2. The Morgan fingerprint density at radius 3 is 2.85 bits per heavy atom. The number of esters is 1. The third-order valence-electron chi connectivity index (χ3n) is 3.13. The summed E-state index contributed by atoms with van der Waals surface area (Å²) in [6, 6.07) is 7.60. The second-order valence-corrected chi connectivity index (χ2v) is 4.79. The fourth-order valence-electron chi connectivity index (χ4n) is 2.16. The lowest BCUT2D eigenvalue weighted by atomic mass is 10.1. The minimum absolute atomic E-state index is 0.105. The van der Waals surface area contributed by atoms with Gasteiger partial charge in [-0.1, -0.05) is 18.2 Å². The minimum Gasteiger partial charge on any atom is -0.469 e. The molecule has 0 saturated carbocycles. The molecule has 1 atom stereocenters. The zero-order valence-corrected chi connectivity index (χ0v) is 11.6. The van der Waals surface area contributed by atoms with Crippen LogP contribution in [0.2, 0.25) is 0 Å². The molecule has 1 unspecified atom stereocenters. The van der Waals surface area contributed by atoms with Gasteiger partial charge in [0.1, 0.15) is 0 Å². The van der Waals surface area contributed by atoms with Gasteiger partial charge in [-0.15, -0.1) is 0 Å². The zero-order valence-electron chi connectivity index (χ0n) is 11.6. The zero-order chi connectivity index (χ0) is 14.5. The van der Waals surface area contributed by atoms with Crippen molar-refractivity contribution in [1.29, 1.82) is 0 Å². The Hall–Kier alpha value is -2.30. The summed E-state index contributed by atoms with van der Waals surface area (Å²) in [6.45, 7) is 1.78. The minimum atomic E-state index is -0.329. The van der Waals surface area contributed by atoms with Gasteiger partial charge in [0.05, 0.1) is 20.0 Å². The first-order valence-electron chi connectivity index (χ1n) is 6.51. The van der Waals surface area contributed by atoms with E-state index in [0.717, 1.165) is 16.5 Å². The first-order chi connectivity index (χ1) is 9.60.